The molecule has 0 atom stereocenters. The first-order chi connectivity index (χ1) is 11.7. The van der Waals surface area contributed by atoms with E-state index in [0.717, 1.165) is 48.6 Å². The molecule has 128 valence electrons. The molecule has 0 N–H and O–H groups in total. The molecule has 1 fully saturated rings. The lowest BCUT2D eigenvalue weighted by atomic mass is 10.2. The lowest BCUT2D eigenvalue weighted by Crippen LogP contribution is -2.47. The fourth-order valence-corrected chi connectivity index (χ4v) is 2.84. The van der Waals surface area contributed by atoms with Crippen molar-refractivity contribution in [1.82, 2.24) is 9.88 Å². The average molecular weight is 332 g/mol. The van der Waals surface area contributed by atoms with E-state index in [1.807, 2.05) is 24.3 Å². The molecule has 8 heteroatoms. The molecule has 0 aliphatic carbocycles. The minimum absolute atomic E-state index is 0.114. The summed E-state index contributed by atoms with van der Waals surface area (Å²) in [5.74, 6) is 1.77. The van der Waals surface area contributed by atoms with Gasteiger partial charge in [-0.05, 0) is 30.3 Å². The van der Waals surface area contributed by atoms with Crippen LogP contribution in [0.3, 0.4) is 0 Å². The van der Waals surface area contributed by atoms with Crippen molar-refractivity contribution in [1.29, 1.82) is 0 Å². The first-order valence-corrected chi connectivity index (χ1v) is 7.85. The van der Waals surface area contributed by atoms with Crippen LogP contribution in [0.2, 0.25) is 0 Å². The van der Waals surface area contributed by atoms with Gasteiger partial charge in [0.2, 0.25) is 0 Å². The van der Waals surface area contributed by atoms with Gasteiger partial charge in [0.25, 0.3) is 5.09 Å². The minimum atomic E-state index is -0.746. The van der Waals surface area contributed by atoms with Gasteiger partial charge >= 0.3 is 0 Å². The Morgan fingerprint density at radius 1 is 1.21 bits per heavy atom. The van der Waals surface area contributed by atoms with E-state index in [2.05, 4.69) is 20.7 Å². The third kappa shape index (κ3) is 3.83. The number of anilines is 1. The first kappa shape index (κ1) is 16.3. The summed E-state index contributed by atoms with van der Waals surface area (Å²) in [6.07, 6.45) is 0. The summed E-state index contributed by atoms with van der Waals surface area (Å²) in [5, 5.41) is 10.5. The van der Waals surface area contributed by atoms with Crippen molar-refractivity contribution < 1.29 is 14.7 Å². The lowest BCUT2D eigenvalue weighted by Gasteiger charge is -2.35. The van der Waals surface area contributed by atoms with Crippen molar-refractivity contribution in [2.75, 3.05) is 51.3 Å². The predicted molar refractivity (Wildman–Crippen MR) is 89.9 cm³/mol. The zero-order valence-electron chi connectivity index (χ0n) is 13.6. The van der Waals surface area contributed by atoms with Crippen molar-refractivity contribution in [3.63, 3.8) is 0 Å². The molecule has 0 bridgehead atoms. The van der Waals surface area contributed by atoms with Crippen LogP contribution in [0.5, 0.6) is 5.75 Å². The fraction of sp³-hybridized carbons (Fsp3) is 0.438. The fourth-order valence-electron chi connectivity index (χ4n) is 2.84. The highest BCUT2D eigenvalue weighted by molar-refractivity contribution is 5.81. The first-order valence-electron chi connectivity index (χ1n) is 7.85. The number of hydrogen-bond acceptors (Lipinski definition) is 7. The monoisotopic (exact) mass is 332 g/mol. The molecule has 1 aliphatic heterocycles. The Morgan fingerprint density at radius 2 is 2.00 bits per heavy atom. The second-order valence-electron chi connectivity index (χ2n) is 5.61. The Bertz CT molecular complexity index is 716. The SMILES string of the molecule is COc1ccc2nc(N3CCN(CCO[N+](=O)[O-])CC3)ccc2c1. The number of hydrogen-bond donors (Lipinski definition) is 0. The Hall–Kier alpha value is -2.61. The molecule has 1 saturated heterocycles. The molecule has 3 rings (SSSR count). The Kier molecular flexibility index (Phi) is 4.95. The van der Waals surface area contributed by atoms with Gasteiger partial charge < -0.3 is 14.5 Å². The molecule has 1 aromatic carbocycles. The van der Waals surface area contributed by atoms with Gasteiger partial charge in [-0.2, -0.15) is 0 Å². The van der Waals surface area contributed by atoms with Gasteiger partial charge in [-0.25, -0.2) is 4.98 Å². The summed E-state index contributed by atoms with van der Waals surface area (Å²) in [7, 11) is 1.65. The number of pyridine rings is 1. The van der Waals surface area contributed by atoms with Gasteiger partial charge in [-0.15, -0.1) is 10.1 Å². The summed E-state index contributed by atoms with van der Waals surface area (Å²) in [6.45, 7) is 4.04. The molecular weight excluding hydrogens is 312 g/mol. The van der Waals surface area contributed by atoms with Crippen LogP contribution in [0.4, 0.5) is 5.82 Å². The largest absolute Gasteiger partial charge is 0.497 e. The summed E-state index contributed by atoms with van der Waals surface area (Å²) in [4.78, 5) is 23.6. The Labute approximate surface area is 139 Å². The smallest absolute Gasteiger partial charge is 0.294 e. The van der Waals surface area contributed by atoms with Crippen molar-refractivity contribution >= 4 is 16.7 Å². The summed E-state index contributed by atoms with van der Waals surface area (Å²) in [6, 6.07) is 9.92. The molecular formula is C16H20N4O4. The van der Waals surface area contributed by atoms with Crippen LogP contribution in [0, 0.1) is 10.1 Å². The van der Waals surface area contributed by atoms with E-state index in [4.69, 9.17) is 9.72 Å². The van der Waals surface area contributed by atoms with Crippen LogP contribution in [0.15, 0.2) is 30.3 Å². The Morgan fingerprint density at radius 3 is 2.71 bits per heavy atom. The van der Waals surface area contributed by atoms with Gasteiger partial charge in [0.05, 0.1) is 12.6 Å². The molecule has 0 spiro atoms. The number of rotatable bonds is 6. The van der Waals surface area contributed by atoms with Gasteiger partial charge in [-0.3, -0.25) is 4.90 Å². The van der Waals surface area contributed by atoms with E-state index in [1.165, 1.54) is 0 Å². The molecule has 8 nitrogen and oxygen atoms in total. The van der Waals surface area contributed by atoms with Crippen LogP contribution in [-0.4, -0.2) is 61.4 Å². The maximum atomic E-state index is 10.2. The third-order valence-corrected chi connectivity index (χ3v) is 4.18. The molecule has 1 aromatic heterocycles. The van der Waals surface area contributed by atoms with Gasteiger partial charge in [-0.1, -0.05) is 0 Å². The molecule has 2 heterocycles. The number of ether oxygens (including phenoxy) is 1. The standard InChI is InChI=1S/C16H20N4O4/c1-23-14-3-4-15-13(12-14)2-5-16(17-15)19-8-6-18(7-9-19)10-11-24-20(21)22/h2-5,12H,6-11H2,1H3. The summed E-state index contributed by atoms with van der Waals surface area (Å²) < 4.78 is 5.23. The molecule has 0 saturated carbocycles. The van der Waals surface area contributed by atoms with Crippen LogP contribution in [-0.2, 0) is 4.84 Å². The summed E-state index contributed by atoms with van der Waals surface area (Å²) in [5.41, 5.74) is 0.940. The maximum Gasteiger partial charge on any atom is 0.294 e. The van der Waals surface area contributed by atoms with Crippen molar-refractivity contribution in [3.05, 3.63) is 40.4 Å². The van der Waals surface area contributed by atoms with Crippen molar-refractivity contribution in [2.45, 2.75) is 0 Å². The molecule has 1 aliphatic rings. The normalized spacial score (nSPS) is 15.5. The number of nitrogens with zero attached hydrogens (tertiary/aromatic N) is 4. The highest BCUT2D eigenvalue weighted by Crippen LogP contribution is 2.23. The molecule has 24 heavy (non-hydrogen) atoms. The molecule has 0 unspecified atom stereocenters. The van der Waals surface area contributed by atoms with Crippen LogP contribution in [0.1, 0.15) is 0 Å². The second-order valence-corrected chi connectivity index (χ2v) is 5.61. The van der Waals surface area contributed by atoms with Gasteiger partial charge in [0.1, 0.15) is 18.2 Å². The molecule has 2 aromatic rings. The quantitative estimate of drug-likeness (QED) is 0.587. The average Bonchev–Trinajstić information content (AvgIpc) is 2.61. The van der Waals surface area contributed by atoms with E-state index in [0.29, 0.717) is 6.54 Å². The highest BCUT2D eigenvalue weighted by atomic mass is 16.9. The molecule has 0 amide bonds. The molecule has 0 radical (unpaired) electrons. The highest BCUT2D eigenvalue weighted by Gasteiger charge is 2.18. The van der Waals surface area contributed by atoms with Crippen LogP contribution < -0.4 is 9.64 Å². The summed E-state index contributed by atoms with van der Waals surface area (Å²) >= 11 is 0. The second kappa shape index (κ2) is 7.31. The van der Waals surface area contributed by atoms with Crippen LogP contribution in [0.25, 0.3) is 10.9 Å². The Balaban J connectivity index is 1.60. The number of benzene rings is 1. The number of piperazine rings is 1. The zero-order valence-corrected chi connectivity index (χ0v) is 13.6. The van der Waals surface area contributed by atoms with E-state index in [9.17, 15) is 10.1 Å². The van der Waals surface area contributed by atoms with Crippen molar-refractivity contribution in [3.8, 4) is 5.75 Å². The van der Waals surface area contributed by atoms with Crippen molar-refractivity contribution in [2.24, 2.45) is 0 Å². The third-order valence-electron chi connectivity index (χ3n) is 4.18. The van der Waals surface area contributed by atoms with E-state index in [1.54, 1.807) is 7.11 Å². The zero-order chi connectivity index (χ0) is 16.9. The van der Waals surface area contributed by atoms with Gasteiger partial charge in [0.15, 0.2) is 0 Å². The van der Waals surface area contributed by atoms with E-state index in [-0.39, 0.29) is 6.61 Å². The number of methoxy groups -OCH3 is 1. The van der Waals surface area contributed by atoms with Crippen LogP contribution >= 0.6 is 0 Å². The lowest BCUT2D eigenvalue weighted by molar-refractivity contribution is -0.757. The minimum Gasteiger partial charge on any atom is -0.497 e. The number of fused-ring (bicyclic) bond motifs is 1. The topological polar surface area (TPSA) is 81.0 Å². The van der Waals surface area contributed by atoms with E-state index >= 15 is 0 Å². The van der Waals surface area contributed by atoms with Gasteiger partial charge in [0, 0.05) is 38.1 Å². The maximum absolute atomic E-state index is 10.2. The van der Waals surface area contributed by atoms with E-state index < -0.39 is 5.09 Å². The predicted octanol–water partition coefficient (Wildman–Crippen LogP) is 1.57. The number of aromatic nitrogens is 1.